The van der Waals surface area contributed by atoms with Gasteiger partial charge in [0.25, 0.3) is 0 Å². The van der Waals surface area contributed by atoms with E-state index in [1.54, 1.807) is 0 Å². The SMILES string of the molecule is OCOc1c(Cl)c(Cl)c(Cl)c(Cl)c1-c1ccccc1. The Morgan fingerprint density at radius 1 is 0.842 bits per heavy atom. The van der Waals surface area contributed by atoms with Crippen LogP contribution in [0.15, 0.2) is 30.3 Å². The molecule has 0 radical (unpaired) electrons. The van der Waals surface area contributed by atoms with Crippen LogP contribution in [-0.4, -0.2) is 11.9 Å². The Bertz CT molecular complexity index is 600. The fourth-order valence-electron chi connectivity index (χ4n) is 1.67. The molecule has 100 valence electrons. The van der Waals surface area contributed by atoms with Crippen LogP contribution >= 0.6 is 46.4 Å². The van der Waals surface area contributed by atoms with E-state index in [-0.39, 0.29) is 25.8 Å². The van der Waals surface area contributed by atoms with Crippen molar-refractivity contribution in [3.05, 3.63) is 50.4 Å². The second-order valence-corrected chi connectivity index (χ2v) is 5.11. The van der Waals surface area contributed by atoms with Gasteiger partial charge in [-0.15, -0.1) is 0 Å². The molecular formula is C13H8Cl4O2. The predicted molar refractivity (Wildman–Crippen MR) is 79.6 cm³/mol. The van der Waals surface area contributed by atoms with E-state index < -0.39 is 6.79 Å². The Kier molecular flexibility index (Phi) is 4.82. The Hall–Kier alpha value is -0.640. The second-order valence-electron chi connectivity index (χ2n) is 3.60. The van der Waals surface area contributed by atoms with Gasteiger partial charge in [0.15, 0.2) is 12.5 Å². The molecule has 0 saturated carbocycles. The summed E-state index contributed by atoms with van der Waals surface area (Å²) in [5.74, 6) is 0.203. The molecule has 0 heterocycles. The number of halogens is 4. The summed E-state index contributed by atoms with van der Waals surface area (Å²) < 4.78 is 5.13. The van der Waals surface area contributed by atoms with Crippen LogP contribution in [0.25, 0.3) is 11.1 Å². The van der Waals surface area contributed by atoms with Gasteiger partial charge in [-0.1, -0.05) is 76.7 Å². The molecule has 2 rings (SSSR count). The number of ether oxygens (including phenoxy) is 1. The van der Waals surface area contributed by atoms with E-state index in [4.69, 9.17) is 56.2 Å². The van der Waals surface area contributed by atoms with Crippen molar-refractivity contribution in [2.24, 2.45) is 0 Å². The molecule has 0 fully saturated rings. The van der Waals surface area contributed by atoms with Crippen LogP contribution in [0.1, 0.15) is 0 Å². The molecule has 0 unspecified atom stereocenters. The van der Waals surface area contributed by atoms with Crippen LogP contribution in [0.3, 0.4) is 0 Å². The highest BCUT2D eigenvalue weighted by Crippen LogP contribution is 2.49. The number of aliphatic hydroxyl groups excluding tert-OH is 1. The zero-order valence-corrected chi connectivity index (χ0v) is 12.5. The first-order valence-electron chi connectivity index (χ1n) is 5.23. The number of aliphatic hydroxyl groups is 1. The number of hydrogen-bond acceptors (Lipinski definition) is 2. The first-order valence-corrected chi connectivity index (χ1v) is 6.74. The Labute approximate surface area is 130 Å². The molecule has 0 aliphatic rings. The van der Waals surface area contributed by atoms with Crippen molar-refractivity contribution in [3.63, 3.8) is 0 Å². The summed E-state index contributed by atoms with van der Waals surface area (Å²) in [6.45, 7) is -0.548. The third-order valence-electron chi connectivity index (χ3n) is 2.50. The van der Waals surface area contributed by atoms with Crippen molar-refractivity contribution >= 4 is 46.4 Å². The lowest BCUT2D eigenvalue weighted by atomic mass is 10.0. The molecule has 2 nitrogen and oxygen atoms in total. The van der Waals surface area contributed by atoms with Crippen molar-refractivity contribution in [1.82, 2.24) is 0 Å². The molecule has 0 atom stereocenters. The van der Waals surface area contributed by atoms with Crippen LogP contribution < -0.4 is 4.74 Å². The largest absolute Gasteiger partial charge is 0.465 e. The monoisotopic (exact) mass is 336 g/mol. The van der Waals surface area contributed by atoms with Crippen molar-refractivity contribution < 1.29 is 9.84 Å². The van der Waals surface area contributed by atoms with Crippen LogP contribution in [0.5, 0.6) is 5.75 Å². The Morgan fingerprint density at radius 2 is 1.42 bits per heavy atom. The Morgan fingerprint density at radius 3 is 2.00 bits per heavy atom. The summed E-state index contributed by atoms with van der Waals surface area (Å²) >= 11 is 24.3. The number of hydrogen-bond donors (Lipinski definition) is 1. The molecular weight excluding hydrogens is 330 g/mol. The van der Waals surface area contributed by atoms with E-state index in [9.17, 15) is 0 Å². The maximum absolute atomic E-state index is 8.97. The molecule has 0 spiro atoms. The van der Waals surface area contributed by atoms with Gasteiger partial charge in [-0.05, 0) is 5.56 Å². The average Bonchev–Trinajstić information content (AvgIpc) is 2.44. The molecule has 2 aromatic carbocycles. The van der Waals surface area contributed by atoms with Crippen molar-refractivity contribution in [2.75, 3.05) is 6.79 Å². The van der Waals surface area contributed by atoms with E-state index in [1.807, 2.05) is 30.3 Å². The van der Waals surface area contributed by atoms with Gasteiger partial charge in [-0.2, -0.15) is 0 Å². The highest BCUT2D eigenvalue weighted by atomic mass is 35.5. The third-order valence-corrected chi connectivity index (χ3v) is 4.28. The number of rotatable bonds is 3. The van der Waals surface area contributed by atoms with Gasteiger partial charge in [0, 0.05) is 5.56 Å². The highest BCUT2D eigenvalue weighted by molar-refractivity contribution is 6.53. The van der Waals surface area contributed by atoms with Gasteiger partial charge in [0.1, 0.15) is 5.02 Å². The van der Waals surface area contributed by atoms with Gasteiger partial charge in [-0.25, -0.2) is 0 Å². The summed E-state index contributed by atoms with van der Waals surface area (Å²) in [5, 5.41) is 9.55. The quantitative estimate of drug-likeness (QED) is 0.468. The standard InChI is InChI=1S/C13H8Cl4O2/c14-9-8(7-4-2-1-3-5-7)13(19-6-18)12(17)11(16)10(9)15/h1-5,18H,6H2. The lowest BCUT2D eigenvalue weighted by Gasteiger charge is -2.16. The highest BCUT2D eigenvalue weighted by Gasteiger charge is 2.22. The number of benzene rings is 2. The first-order chi connectivity index (χ1) is 9.07. The zero-order chi connectivity index (χ0) is 14.0. The van der Waals surface area contributed by atoms with Crippen molar-refractivity contribution in [3.8, 4) is 16.9 Å². The normalized spacial score (nSPS) is 10.6. The van der Waals surface area contributed by atoms with Crippen LogP contribution in [0, 0.1) is 0 Å². The van der Waals surface area contributed by atoms with E-state index >= 15 is 0 Å². The summed E-state index contributed by atoms with van der Waals surface area (Å²) in [4.78, 5) is 0. The maximum atomic E-state index is 8.97. The molecule has 6 heteroatoms. The minimum atomic E-state index is -0.548. The molecule has 0 aliphatic heterocycles. The average molecular weight is 338 g/mol. The summed E-state index contributed by atoms with van der Waals surface area (Å²) in [6.07, 6.45) is 0. The molecule has 0 aromatic heterocycles. The van der Waals surface area contributed by atoms with E-state index in [0.29, 0.717) is 5.56 Å². The first kappa shape index (κ1) is 14.8. The minimum Gasteiger partial charge on any atom is -0.465 e. The summed E-state index contributed by atoms with van der Waals surface area (Å²) in [6, 6.07) is 9.19. The van der Waals surface area contributed by atoms with Gasteiger partial charge >= 0.3 is 0 Å². The molecule has 1 N–H and O–H groups in total. The topological polar surface area (TPSA) is 29.5 Å². The zero-order valence-electron chi connectivity index (χ0n) is 9.46. The molecule has 19 heavy (non-hydrogen) atoms. The maximum Gasteiger partial charge on any atom is 0.186 e. The lowest BCUT2D eigenvalue weighted by molar-refractivity contribution is 0.0992. The fourth-order valence-corrected chi connectivity index (χ4v) is 2.67. The molecule has 0 bridgehead atoms. The van der Waals surface area contributed by atoms with Crippen LogP contribution in [0.4, 0.5) is 0 Å². The van der Waals surface area contributed by atoms with Gasteiger partial charge in [0.2, 0.25) is 0 Å². The summed E-state index contributed by atoms with van der Waals surface area (Å²) in [5.41, 5.74) is 1.26. The van der Waals surface area contributed by atoms with E-state index in [1.165, 1.54) is 0 Å². The molecule has 0 saturated heterocycles. The van der Waals surface area contributed by atoms with Gasteiger partial charge in [0.05, 0.1) is 15.1 Å². The fraction of sp³-hybridized carbons (Fsp3) is 0.0769. The van der Waals surface area contributed by atoms with Gasteiger partial charge in [-0.3, -0.25) is 0 Å². The Balaban J connectivity index is 2.78. The molecule has 2 aromatic rings. The van der Waals surface area contributed by atoms with Crippen LogP contribution in [-0.2, 0) is 0 Å². The molecule has 0 amide bonds. The molecule has 0 aliphatic carbocycles. The minimum absolute atomic E-state index is 0.0939. The second kappa shape index (κ2) is 6.21. The predicted octanol–water partition coefficient (Wildman–Crippen LogP) is 5.30. The smallest absolute Gasteiger partial charge is 0.186 e. The summed E-state index contributed by atoms with van der Waals surface area (Å²) in [7, 11) is 0. The van der Waals surface area contributed by atoms with Gasteiger partial charge < -0.3 is 9.84 Å². The van der Waals surface area contributed by atoms with E-state index in [2.05, 4.69) is 0 Å². The third kappa shape index (κ3) is 2.78. The van der Waals surface area contributed by atoms with E-state index in [0.717, 1.165) is 5.56 Å². The van der Waals surface area contributed by atoms with Crippen LogP contribution in [0.2, 0.25) is 20.1 Å². The lowest BCUT2D eigenvalue weighted by Crippen LogP contribution is -1.99. The van der Waals surface area contributed by atoms with Crippen molar-refractivity contribution in [1.29, 1.82) is 0 Å². The van der Waals surface area contributed by atoms with Crippen molar-refractivity contribution in [2.45, 2.75) is 0 Å².